The number of benzene rings is 3. The molecule has 3 rings (SSSR count). The van der Waals surface area contributed by atoms with Crippen molar-refractivity contribution in [1.82, 2.24) is 10.6 Å². The van der Waals surface area contributed by atoms with Crippen LogP contribution in [0, 0.1) is 11.6 Å². The number of aromatic hydroxyl groups is 1. The van der Waals surface area contributed by atoms with Crippen LogP contribution in [0.5, 0.6) is 5.75 Å². The Bertz CT molecular complexity index is 1360. The molecular weight excluding hydrogens is 554 g/mol. The molecule has 42 heavy (non-hydrogen) atoms. The lowest BCUT2D eigenvalue weighted by molar-refractivity contribution is -0.120. The summed E-state index contributed by atoms with van der Waals surface area (Å²) < 4.78 is 26.6. The molecule has 3 aromatic carbocycles. The number of nitrogens with one attached hydrogen (secondary N) is 2. The average molecular weight is 599 g/mol. The second kappa shape index (κ2) is 14.4. The fourth-order valence-corrected chi connectivity index (χ4v) is 5.64. The number of aliphatic hydroxyl groups excluding tert-OH is 1. The van der Waals surface area contributed by atoms with Crippen molar-refractivity contribution in [3.8, 4) is 5.75 Å². The summed E-state index contributed by atoms with van der Waals surface area (Å²) in [6.07, 6.45) is 1.65. The van der Waals surface area contributed by atoms with E-state index >= 15 is 0 Å². The SMILES string of the molecule is C[C@H](Cc1cccc(CC(=O)NCc2ccc(F)c(F)c2)c1)NC[C@H](CC(C)(C)[Si](C)(C)O)c1ccc(O)c(CO)c1. The molecule has 0 fully saturated rings. The highest BCUT2D eigenvalue weighted by molar-refractivity contribution is 6.72. The van der Waals surface area contributed by atoms with Crippen LogP contribution in [0.15, 0.2) is 60.7 Å². The molecule has 0 aliphatic carbocycles. The van der Waals surface area contributed by atoms with Crippen LogP contribution in [-0.4, -0.2) is 41.8 Å². The van der Waals surface area contributed by atoms with Gasteiger partial charge in [-0.15, -0.1) is 0 Å². The molecule has 0 spiro atoms. The quantitative estimate of drug-likeness (QED) is 0.153. The standard InChI is InChI=1S/C33H44F2N2O4Si/c1-22(36-20-28(18-33(2,3)42(4,5)41)26-10-12-31(39)27(17-26)21-38)13-23-7-6-8-24(14-23)16-32(40)37-19-25-9-11-29(34)30(35)15-25/h6-12,14-15,17,22,28,36,38-39,41H,13,16,18-21H2,1-5H3,(H,37,40)/t22-,28+/m1/s1. The molecule has 0 saturated carbocycles. The number of halogens is 2. The van der Waals surface area contributed by atoms with Crippen LogP contribution in [0.2, 0.25) is 18.1 Å². The minimum Gasteiger partial charge on any atom is -0.508 e. The van der Waals surface area contributed by atoms with Crippen molar-refractivity contribution in [1.29, 1.82) is 0 Å². The van der Waals surface area contributed by atoms with E-state index in [2.05, 4.69) is 31.4 Å². The van der Waals surface area contributed by atoms with Crippen LogP contribution in [0.25, 0.3) is 0 Å². The van der Waals surface area contributed by atoms with Gasteiger partial charge in [-0.2, -0.15) is 0 Å². The van der Waals surface area contributed by atoms with Crippen molar-refractivity contribution < 1.29 is 28.6 Å². The lowest BCUT2D eigenvalue weighted by Gasteiger charge is -2.38. The van der Waals surface area contributed by atoms with Gasteiger partial charge in [-0.05, 0) is 90.3 Å². The average Bonchev–Trinajstić information content (AvgIpc) is 2.91. The van der Waals surface area contributed by atoms with E-state index in [1.165, 1.54) is 6.07 Å². The lowest BCUT2D eigenvalue weighted by atomic mass is 9.88. The fraction of sp³-hybridized carbons (Fsp3) is 0.424. The van der Waals surface area contributed by atoms with E-state index in [0.717, 1.165) is 41.7 Å². The van der Waals surface area contributed by atoms with Crippen LogP contribution < -0.4 is 10.6 Å². The van der Waals surface area contributed by atoms with E-state index in [9.17, 15) is 28.6 Å². The van der Waals surface area contributed by atoms with E-state index in [0.29, 0.717) is 17.7 Å². The zero-order valence-corrected chi connectivity index (χ0v) is 26.2. The highest BCUT2D eigenvalue weighted by Crippen LogP contribution is 2.44. The third-order valence-electron chi connectivity index (χ3n) is 8.24. The minimum atomic E-state index is -2.47. The second-order valence-corrected chi connectivity index (χ2v) is 16.9. The number of amides is 1. The van der Waals surface area contributed by atoms with Gasteiger partial charge in [-0.25, -0.2) is 8.78 Å². The summed E-state index contributed by atoms with van der Waals surface area (Å²) in [5.41, 5.74) is 3.91. The Kier molecular flexibility index (Phi) is 11.4. The second-order valence-electron chi connectivity index (χ2n) is 12.4. The van der Waals surface area contributed by atoms with Crippen molar-refractivity contribution >= 4 is 14.2 Å². The molecule has 9 heteroatoms. The molecular formula is C33H44F2N2O4Si. The molecule has 0 aromatic heterocycles. The molecule has 0 saturated heterocycles. The smallest absolute Gasteiger partial charge is 0.224 e. The Hall–Kier alpha value is -3.11. The minimum absolute atomic E-state index is 0.0527. The Morgan fingerprint density at radius 2 is 1.69 bits per heavy atom. The van der Waals surface area contributed by atoms with Crippen LogP contribution in [-0.2, 0) is 30.8 Å². The van der Waals surface area contributed by atoms with Gasteiger partial charge < -0.3 is 25.6 Å². The van der Waals surface area contributed by atoms with E-state index in [1.807, 2.05) is 49.5 Å². The molecule has 1 amide bonds. The van der Waals surface area contributed by atoms with Gasteiger partial charge in [0.15, 0.2) is 20.0 Å². The van der Waals surface area contributed by atoms with Crippen LogP contribution in [0.3, 0.4) is 0 Å². The van der Waals surface area contributed by atoms with Gasteiger partial charge in [-0.1, -0.05) is 50.2 Å². The lowest BCUT2D eigenvalue weighted by Crippen LogP contribution is -2.41. The van der Waals surface area contributed by atoms with Crippen molar-refractivity contribution in [2.75, 3.05) is 6.54 Å². The van der Waals surface area contributed by atoms with Crippen LogP contribution >= 0.6 is 0 Å². The van der Waals surface area contributed by atoms with Crippen molar-refractivity contribution in [3.63, 3.8) is 0 Å². The Morgan fingerprint density at radius 1 is 0.976 bits per heavy atom. The van der Waals surface area contributed by atoms with Gasteiger partial charge in [0.05, 0.1) is 13.0 Å². The number of rotatable bonds is 14. The first-order valence-electron chi connectivity index (χ1n) is 14.4. The normalized spacial score (nSPS) is 13.5. The molecule has 6 nitrogen and oxygen atoms in total. The van der Waals surface area contributed by atoms with Gasteiger partial charge in [-0.3, -0.25) is 4.79 Å². The monoisotopic (exact) mass is 598 g/mol. The molecule has 0 aliphatic heterocycles. The van der Waals surface area contributed by atoms with E-state index in [-0.39, 0.29) is 48.2 Å². The van der Waals surface area contributed by atoms with E-state index in [4.69, 9.17) is 0 Å². The van der Waals surface area contributed by atoms with Crippen molar-refractivity contribution in [2.45, 2.75) is 83.3 Å². The number of hydrogen-bond acceptors (Lipinski definition) is 5. The summed E-state index contributed by atoms with van der Waals surface area (Å²) in [5, 5.41) is 25.9. The summed E-state index contributed by atoms with van der Waals surface area (Å²) in [7, 11) is -2.47. The molecule has 0 radical (unpaired) electrons. The zero-order chi connectivity index (χ0) is 31.1. The van der Waals surface area contributed by atoms with Gasteiger partial charge in [0.25, 0.3) is 0 Å². The summed E-state index contributed by atoms with van der Waals surface area (Å²) in [4.78, 5) is 23.4. The van der Waals surface area contributed by atoms with E-state index < -0.39 is 20.0 Å². The molecule has 3 aromatic rings. The summed E-state index contributed by atoms with van der Waals surface area (Å²) >= 11 is 0. The Labute approximate surface area is 248 Å². The third kappa shape index (κ3) is 9.45. The number of carbonyl (C=O) groups is 1. The zero-order valence-electron chi connectivity index (χ0n) is 25.2. The molecule has 5 N–H and O–H groups in total. The molecule has 0 heterocycles. The predicted molar refractivity (Wildman–Crippen MR) is 165 cm³/mol. The van der Waals surface area contributed by atoms with Crippen molar-refractivity contribution in [2.24, 2.45) is 0 Å². The summed E-state index contributed by atoms with van der Waals surface area (Å²) in [6, 6.07) is 16.9. The van der Waals surface area contributed by atoms with Crippen LogP contribution in [0.1, 0.15) is 60.9 Å². The topological polar surface area (TPSA) is 102 Å². The maximum atomic E-state index is 13.4. The molecule has 228 valence electrons. The van der Waals surface area contributed by atoms with Crippen molar-refractivity contribution in [3.05, 3.63) is 100 Å². The first kappa shape index (κ1) is 33.4. The fourth-order valence-electron chi connectivity index (χ4n) is 4.89. The Balaban J connectivity index is 1.62. The maximum absolute atomic E-state index is 13.4. The summed E-state index contributed by atoms with van der Waals surface area (Å²) in [5.74, 6) is -1.95. The molecule has 0 bridgehead atoms. The van der Waals surface area contributed by atoms with Gasteiger partial charge in [0, 0.05) is 24.7 Å². The van der Waals surface area contributed by atoms with Gasteiger partial charge >= 0.3 is 0 Å². The molecule has 0 aliphatic rings. The first-order valence-corrected chi connectivity index (χ1v) is 17.3. The van der Waals surface area contributed by atoms with Crippen LogP contribution in [0.4, 0.5) is 8.78 Å². The third-order valence-corrected chi connectivity index (χ3v) is 11.8. The summed E-state index contributed by atoms with van der Waals surface area (Å²) in [6.45, 7) is 10.7. The maximum Gasteiger partial charge on any atom is 0.224 e. The largest absolute Gasteiger partial charge is 0.508 e. The molecule has 0 unspecified atom stereocenters. The number of phenols is 1. The van der Waals surface area contributed by atoms with E-state index in [1.54, 1.807) is 6.07 Å². The number of carbonyl (C=O) groups excluding carboxylic acids is 1. The molecule has 2 atom stereocenters. The number of hydrogen-bond donors (Lipinski definition) is 5. The highest BCUT2D eigenvalue weighted by Gasteiger charge is 2.40. The first-order chi connectivity index (χ1) is 19.7. The predicted octanol–water partition coefficient (Wildman–Crippen LogP) is 5.69. The highest BCUT2D eigenvalue weighted by atomic mass is 28.4. The Morgan fingerprint density at radius 3 is 2.36 bits per heavy atom. The van der Waals surface area contributed by atoms with Gasteiger partial charge in [0.1, 0.15) is 5.75 Å². The number of aliphatic hydroxyl groups is 1. The van der Waals surface area contributed by atoms with Gasteiger partial charge in [0.2, 0.25) is 5.91 Å².